The Balaban J connectivity index is 2.75. The fraction of sp³-hybridized carbons (Fsp3) is 0.652. The van der Waals surface area contributed by atoms with Gasteiger partial charge in [-0.3, -0.25) is 0 Å². The zero-order valence-electron chi connectivity index (χ0n) is 17.2. The number of hydrogen-bond acceptors (Lipinski definition) is 0. The first-order chi connectivity index (χ1) is 11.9. The highest BCUT2D eigenvalue weighted by atomic mass is 19.4. The van der Waals surface area contributed by atoms with E-state index in [1.807, 2.05) is 19.9 Å². The van der Waals surface area contributed by atoms with Gasteiger partial charge in [0.25, 0.3) is 0 Å². The number of rotatable bonds is 8. The smallest absolute Gasteiger partial charge is 0.166 e. The third kappa shape index (κ3) is 6.48. The second-order valence-electron chi connectivity index (χ2n) is 8.53. The van der Waals surface area contributed by atoms with Crippen LogP contribution in [0.15, 0.2) is 47.6 Å². The Morgan fingerprint density at radius 1 is 1.19 bits per heavy atom. The molecule has 0 aromatic heterocycles. The Kier molecular flexibility index (Phi) is 7.98. The highest BCUT2D eigenvalue weighted by Crippen LogP contribution is 2.42. The molecule has 1 aliphatic rings. The normalized spacial score (nSPS) is 19.7. The van der Waals surface area contributed by atoms with Crippen molar-refractivity contribution in [2.24, 2.45) is 23.2 Å². The first-order valence-electron chi connectivity index (χ1n) is 9.70. The van der Waals surface area contributed by atoms with Crippen molar-refractivity contribution >= 4 is 0 Å². The van der Waals surface area contributed by atoms with E-state index < -0.39 is 23.1 Å². The van der Waals surface area contributed by atoms with Crippen LogP contribution < -0.4 is 0 Å². The van der Waals surface area contributed by atoms with Gasteiger partial charge in [-0.15, -0.1) is 0 Å². The molecular weight excluding hydrogens is 333 g/mol. The average Bonchev–Trinajstić information content (AvgIpc) is 2.53. The van der Waals surface area contributed by atoms with Crippen LogP contribution in [-0.4, -0.2) is 6.18 Å². The van der Waals surface area contributed by atoms with Crippen LogP contribution in [0.1, 0.15) is 67.2 Å². The van der Waals surface area contributed by atoms with Crippen LogP contribution in [0, 0.1) is 23.2 Å². The van der Waals surface area contributed by atoms with Gasteiger partial charge in [0.15, 0.2) is 0 Å². The molecule has 0 aromatic rings. The molecule has 0 bridgehead atoms. The first-order valence-corrected chi connectivity index (χ1v) is 9.70. The SMILES string of the molecule is C=C(C(CC)C(C)(C)C=CC(C)CC(C)C1=CC=C(C)CC1)C(F)(F)F. The van der Waals surface area contributed by atoms with E-state index in [1.54, 1.807) is 6.92 Å². The van der Waals surface area contributed by atoms with E-state index in [-0.39, 0.29) is 0 Å². The molecule has 0 N–H and O–H groups in total. The molecule has 0 fully saturated rings. The lowest BCUT2D eigenvalue weighted by Gasteiger charge is -2.34. The summed E-state index contributed by atoms with van der Waals surface area (Å²) in [4.78, 5) is 0. The van der Waals surface area contributed by atoms with Gasteiger partial charge in [-0.05, 0) is 55.8 Å². The summed E-state index contributed by atoms with van der Waals surface area (Å²) >= 11 is 0. The minimum absolute atomic E-state index is 0.328. The summed E-state index contributed by atoms with van der Waals surface area (Å²) in [7, 11) is 0. The second-order valence-corrected chi connectivity index (χ2v) is 8.53. The number of halogens is 3. The molecule has 3 atom stereocenters. The van der Waals surface area contributed by atoms with Gasteiger partial charge < -0.3 is 0 Å². The molecule has 0 heterocycles. The zero-order valence-corrected chi connectivity index (χ0v) is 17.2. The topological polar surface area (TPSA) is 0 Å². The van der Waals surface area contributed by atoms with Crippen LogP contribution >= 0.6 is 0 Å². The lowest BCUT2D eigenvalue weighted by molar-refractivity contribution is -0.103. The summed E-state index contributed by atoms with van der Waals surface area (Å²) < 4.78 is 39.3. The summed E-state index contributed by atoms with van der Waals surface area (Å²) in [5.74, 6) is 0.223. The maximum Gasteiger partial charge on any atom is 0.412 e. The maximum absolute atomic E-state index is 13.1. The van der Waals surface area contributed by atoms with E-state index >= 15 is 0 Å². The van der Waals surface area contributed by atoms with Gasteiger partial charge in [0.2, 0.25) is 0 Å². The van der Waals surface area contributed by atoms with E-state index in [0.717, 1.165) is 19.3 Å². The van der Waals surface area contributed by atoms with Crippen LogP contribution in [0.2, 0.25) is 0 Å². The summed E-state index contributed by atoms with van der Waals surface area (Å²) in [6.07, 6.45) is 7.87. The van der Waals surface area contributed by atoms with Crippen molar-refractivity contribution in [3.8, 4) is 0 Å². The van der Waals surface area contributed by atoms with Gasteiger partial charge in [0, 0.05) is 5.57 Å². The highest BCUT2D eigenvalue weighted by molar-refractivity contribution is 5.24. The number of alkyl halides is 3. The first kappa shape index (κ1) is 22.8. The van der Waals surface area contributed by atoms with Gasteiger partial charge in [-0.1, -0.05) is 76.6 Å². The Labute approximate surface area is 158 Å². The molecule has 0 saturated carbocycles. The molecule has 3 unspecified atom stereocenters. The summed E-state index contributed by atoms with van der Waals surface area (Å²) in [6.45, 7) is 15.4. The van der Waals surface area contributed by atoms with Crippen LogP contribution in [0.4, 0.5) is 13.2 Å². The Bertz CT molecular complexity index is 573. The molecular formula is C23H35F3. The van der Waals surface area contributed by atoms with Crippen molar-refractivity contribution in [2.75, 3.05) is 0 Å². The van der Waals surface area contributed by atoms with Crippen molar-refractivity contribution < 1.29 is 13.2 Å². The maximum atomic E-state index is 13.1. The van der Waals surface area contributed by atoms with Crippen LogP contribution in [0.25, 0.3) is 0 Å². The van der Waals surface area contributed by atoms with E-state index in [1.165, 1.54) is 11.1 Å². The quantitative estimate of drug-likeness (QED) is 0.380. The Morgan fingerprint density at radius 2 is 1.81 bits per heavy atom. The molecule has 0 saturated heterocycles. The van der Waals surface area contributed by atoms with E-state index in [9.17, 15) is 13.2 Å². The Morgan fingerprint density at radius 3 is 2.27 bits per heavy atom. The van der Waals surface area contributed by atoms with Crippen molar-refractivity contribution in [3.63, 3.8) is 0 Å². The molecule has 0 aromatic carbocycles. The molecule has 1 aliphatic carbocycles. The number of hydrogen-bond donors (Lipinski definition) is 0. The van der Waals surface area contributed by atoms with Crippen molar-refractivity contribution in [1.29, 1.82) is 0 Å². The molecule has 0 radical (unpaired) electrons. The summed E-state index contributed by atoms with van der Waals surface area (Å²) in [5, 5.41) is 0. The minimum Gasteiger partial charge on any atom is -0.166 e. The van der Waals surface area contributed by atoms with E-state index in [4.69, 9.17) is 0 Å². The van der Waals surface area contributed by atoms with Crippen molar-refractivity contribution in [2.45, 2.75) is 73.4 Å². The largest absolute Gasteiger partial charge is 0.412 e. The molecule has 0 aliphatic heterocycles. The minimum atomic E-state index is -4.33. The molecule has 1 rings (SSSR count). The standard InChI is InChI=1S/C23H35F3/c1-8-21(19(5)23(24,25)26)22(6,7)14-13-17(3)15-18(4)20-11-9-16(2)10-12-20/h9,11,13-14,17-18,21H,5,8,10,12,15H2,1-4,6-7H3. The van der Waals surface area contributed by atoms with Gasteiger partial charge in [-0.2, -0.15) is 13.2 Å². The molecule has 0 spiro atoms. The van der Waals surface area contributed by atoms with Crippen molar-refractivity contribution in [1.82, 2.24) is 0 Å². The monoisotopic (exact) mass is 368 g/mol. The predicted molar refractivity (Wildman–Crippen MR) is 106 cm³/mol. The summed E-state index contributed by atoms with van der Waals surface area (Å²) in [5.41, 5.74) is 1.71. The Hall–Kier alpha value is -1.25. The molecule has 148 valence electrons. The van der Waals surface area contributed by atoms with Gasteiger partial charge >= 0.3 is 6.18 Å². The fourth-order valence-electron chi connectivity index (χ4n) is 3.90. The lowest BCUT2D eigenvalue weighted by Crippen LogP contribution is -2.29. The van der Waals surface area contributed by atoms with Crippen LogP contribution in [0.3, 0.4) is 0 Å². The summed E-state index contributed by atoms with van der Waals surface area (Å²) in [6, 6.07) is 0. The van der Waals surface area contributed by atoms with Crippen LogP contribution in [-0.2, 0) is 0 Å². The second kappa shape index (κ2) is 9.10. The third-order valence-corrected chi connectivity index (χ3v) is 5.69. The third-order valence-electron chi connectivity index (χ3n) is 5.69. The molecule has 0 nitrogen and oxygen atoms in total. The van der Waals surface area contributed by atoms with E-state index in [2.05, 4.69) is 45.6 Å². The van der Waals surface area contributed by atoms with Gasteiger partial charge in [0.05, 0.1) is 0 Å². The molecule has 0 amide bonds. The van der Waals surface area contributed by atoms with Crippen LogP contribution in [0.5, 0.6) is 0 Å². The highest BCUT2D eigenvalue weighted by Gasteiger charge is 2.41. The van der Waals surface area contributed by atoms with Gasteiger partial charge in [0.1, 0.15) is 0 Å². The molecule has 3 heteroatoms. The molecule has 26 heavy (non-hydrogen) atoms. The number of allylic oxidation sites excluding steroid dienone is 7. The van der Waals surface area contributed by atoms with E-state index in [0.29, 0.717) is 18.3 Å². The zero-order chi connectivity index (χ0) is 20.1. The predicted octanol–water partition coefficient (Wildman–Crippen LogP) is 8.04. The lowest BCUT2D eigenvalue weighted by atomic mass is 9.72. The average molecular weight is 369 g/mol. The van der Waals surface area contributed by atoms with Gasteiger partial charge in [-0.25, -0.2) is 0 Å². The fourth-order valence-corrected chi connectivity index (χ4v) is 3.90. The van der Waals surface area contributed by atoms with Crippen molar-refractivity contribution in [3.05, 3.63) is 47.6 Å².